The quantitative estimate of drug-likeness (QED) is 0.859. The third-order valence-electron chi connectivity index (χ3n) is 1.69. The summed E-state index contributed by atoms with van der Waals surface area (Å²) < 4.78 is 2.85. The second-order valence-electron chi connectivity index (χ2n) is 2.74. The van der Waals surface area contributed by atoms with E-state index in [-0.39, 0.29) is 0 Å². The zero-order valence-electron chi connectivity index (χ0n) is 7.16. The smallest absolute Gasteiger partial charge is 0.234 e. The molecule has 0 aliphatic carbocycles. The van der Waals surface area contributed by atoms with E-state index in [0.29, 0.717) is 0 Å². The van der Waals surface area contributed by atoms with Crippen molar-refractivity contribution < 1.29 is 0 Å². The number of nitrogens with zero attached hydrogens (tertiary/aromatic N) is 3. The highest BCUT2D eigenvalue weighted by Gasteiger charge is 2.00. The Morgan fingerprint density at radius 2 is 2.38 bits per heavy atom. The Balaban J connectivity index is 2.49. The Hall–Kier alpha value is -0.940. The van der Waals surface area contributed by atoms with Gasteiger partial charge in [-0.1, -0.05) is 0 Å². The summed E-state index contributed by atoms with van der Waals surface area (Å²) >= 11 is 3.35. The Bertz CT molecular complexity index is 423. The fourth-order valence-electron chi connectivity index (χ4n) is 1.18. The van der Waals surface area contributed by atoms with Crippen molar-refractivity contribution in [3.63, 3.8) is 0 Å². The number of fused-ring (bicyclic) bond motifs is 1. The first-order valence-corrected chi connectivity index (χ1v) is 4.72. The topological polar surface area (TPSA) is 42.2 Å². The molecule has 0 aliphatic rings. The van der Waals surface area contributed by atoms with Gasteiger partial charge >= 0.3 is 0 Å². The minimum atomic E-state index is 0.730. The van der Waals surface area contributed by atoms with Gasteiger partial charge in [0.15, 0.2) is 0 Å². The summed E-state index contributed by atoms with van der Waals surface area (Å²) in [6, 6.07) is 0. The molecule has 2 aromatic rings. The lowest BCUT2D eigenvalue weighted by Gasteiger charge is -1.90. The van der Waals surface area contributed by atoms with Crippen LogP contribution in [0.5, 0.6) is 0 Å². The van der Waals surface area contributed by atoms with Gasteiger partial charge in [0.25, 0.3) is 0 Å². The lowest BCUT2D eigenvalue weighted by Crippen LogP contribution is -2.04. The summed E-state index contributed by atoms with van der Waals surface area (Å²) in [5.74, 6) is 0.730. The molecule has 2 heterocycles. The predicted molar refractivity (Wildman–Crippen MR) is 53.5 cm³/mol. The van der Waals surface area contributed by atoms with E-state index in [2.05, 4.69) is 31.2 Å². The van der Waals surface area contributed by atoms with Gasteiger partial charge < -0.3 is 5.32 Å². The zero-order valence-corrected chi connectivity index (χ0v) is 8.74. The van der Waals surface area contributed by atoms with Crippen LogP contribution >= 0.6 is 15.9 Å². The molecule has 68 valence electrons. The standard InChI is InChI=1S/C8H9BrN4/c1-10-3-7-5-13-4-6(9)2-11-8(13)12-7/h2,4-5,10H,3H2,1H3. The summed E-state index contributed by atoms with van der Waals surface area (Å²) in [5.41, 5.74) is 0.994. The molecule has 2 rings (SSSR count). The third kappa shape index (κ3) is 1.71. The lowest BCUT2D eigenvalue weighted by molar-refractivity contribution is 0.797. The van der Waals surface area contributed by atoms with Crippen LogP contribution in [0.3, 0.4) is 0 Å². The van der Waals surface area contributed by atoms with E-state index in [1.54, 1.807) is 6.20 Å². The molecule has 0 unspecified atom stereocenters. The summed E-state index contributed by atoms with van der Waals surface area (Å²) in [6.45, 7) is 0.765. The largest absolute Gasteiger partial charge is 0.314 e. The van der Waals surface area contributed by atoms with Crippen LogP contribution in [0.4, 0.5) is 0 Å². The van der Waals surface area contributed by atoms with Crippen molar-refractivity contribution in [2.75, 3.05) is 7.05 Å². The van der Waals surface area contributed by atoms with Crippen LogP contribution in [-0.4, -0.2) is 21.4 Å². The van der Waals surface area contributed by atoms with E-state index in [0.717, 1.165) is 22.5 Å². The molecule has 0 radical (unpaired) electrons. The van der Waals surface area contributed by atoms with E-state index in [1.807, 2.05) is 23.8 Å². The van der Waals surface area contributed by atoms with Crippen molar-refractivity contribution in [2.24, 2.45) is 0 Å². The minimum Gasteiger partial charge on any atom is -0.314 e. The molecule has 0 bridgehead atoms. The molecule has 0 aliphatic heterocycles. The summed E-state index contributed by atoms with van der Waals surface area (Å²) in [4.78, 5) is 8.47. The Labute approximate surface area is 84.1 Å². The van der Waals surface area contributed by atoms with Gasteiger partial charge in [-0.15, -0.1) is 0 Å². The number of imidazole rings is 1. The van der Waals surface area contributed by atoms with Gasteiger partial charge in [0.2, 0.25) is 5.78 Å². The first-order valence-electron chi connectivity index (χ1n) is 3.93. The summed E-state index contributed by atoms with van der Waals surface area (Å²) in [7, 11) is 1.90. The van der Waals surface area contributed by atoms with Crippen molar-refractivity contribution in [3.05, 3.63) is 28.8 Å². The van der Waals surface area contributed by atoms with Crippen LogP contribution < -0.4 is 5.32 Å². The van der Waals surface area contributed by atoms with Gasteiger partial charge in [-0.25, -0.2) is 9.97 Å². The van der Waals surface area contributed by atoms with E-state index < -0.39 is 0 Å². The molecule has 0 aromatic carbocycles. The van der Waals surface area contributed by atoms with Crippen LogP contribution in [0.15, 0.2) is 23.1 Å². The second kappa shape index (κ2) is 3.43. The zero-order chi connectivity index (χ0) is 9.26. The maximum Gasteiger partial charge on any atom is 0.234 e. The van der Waals surface area contributed by atoms with Crippen LogP contribution in [0.1, 0.15) is 5.69 Å². The molecular formula is C8H9BrN4. The molecule has 0 saturated heterocycles. The van der Waals surface area contributed by atoms with E-state index >= 15 is 0 Å². The third-order valence-corrected chi connectivity index (χ3v) is 2.10. The number of nitrogens with one attached hydrogen (secondary N) is 1. The van der Waals surface area contributed by atoms with E-state index in [9.17, 15) is 0 Å². The SMILES string of the molecule is CNCc1cn2cc(Br)cnc2n1. The van der Waals surface area contributed by atoms with Gasteiger partial charge in [0.1, 0.15) is 0 Å². The normalized spacial score (nSPS) is 10.9. The van der Waals surface area contributed by atoms with Crippen molar-refractivity contribution in [1.29, 1.82) is 0 Å². The highest BCUT2D eigenvalue weighted by atomic mass is 79.9. The van der Waals surface area contributed by atoms with Crippen molar-refractivity contribution in [2.45, 2.75) is 6.54 Å². The van der Waals surface area contributed by atoms with Crippen molar-refractivity contribution in [3.8, 4) is 0 Å². The number of hydrogen-bond donors (Lipinski definition) is 1. The first-order chi connectivity index (χ1) is 6.29. The maximum atomic E-state index is 4.31. The van der Waals surface area contributed by atoms with Gasteiger partial charge in [0.05, 0.1) is 10.2 Å². The number of hydrogen-bond acceptors (Lipinski definition) is 3. The van der Waals surface area contributed by atoms with Crippen LogP contribution in [-0.2, 0) is 6.54 Å². The molecular weight excluding hydrogens is 232 g/mol. The van der Waals surface area contributed by atoms with Crippen molar-refractivity contribution >= 4 is 21.7 Å². The molecule has 2 aromatic heterocycles. The fraction of sp³-hybridized carbons (Fsp3) is 0.250. The van der Waals surface area contributed by atoms with Crippen LogP contribution in [0, 0.1) is 0 Å². The highest BCUT2D eigenvalue weighted by molar-refractivity contribution is 9.10. The molecule has 0 fully saturated rings. The monoisotopic (exact) mass is 240 g/mol. The summed E-state index contributed by atoms with van der Waals surface area (Å²) in [6.07, 6.45) is 5.64. The first kappa shape index (κ1) is 8.65. The molecule has 0 amide bonds. The van der Waals surface area contributed by atoms with Gasteiger partial charge in [-0.3, -0.25) is 4.40 Å². The highest BCUT2D eigenvalue weighted by Crippen LogP contribution is 2.09. The molecule has 13 heavy (non-hydrogen) atoms. The minimum absolute atomic E-state index is 0.730. The number of halogens is 1. The van der Waals surface area contributed by atoms with E-state index in [4.69, 9.17) is 0 Å². The average Bonchev–Trinajstić information content (AvgIpc) is 2.46. The maximum absolute atomic E-state index is 4.31. The lowest BCUT2D eigenvalue weighted by atomic mass is 10.5. The summed E-state index contributed by atoms with van der Waals surface area (Å²) in [5, 5.41) is 3.04. The molecule has 5 heteroatoms. The van der Waals surface area contributed by atoms with Crippen LogP contribution in [0.2, 0.25) is 0 Å². The van der Waals surface area contributed by atoms with Crippen LogP contribution in [0.25, 0.3) is 5.78 Å². The molecule has 0 spiro atoms. The predicted octanol–water partition coefficient (Wildman–Crippen LogP) is 1.21. The van der Waals surface area contributed by atoms with Gasteiger partial charge in [0, 0.05) is 25.1 Å². The van der Waals surface area contributed by atoms with Crippen molar-refractivity contribution in [1.82, 2.24) is 19.7 Å². The number of aromatic nitrogens is 3. The van der Waals surface area contributed by atoms with Gasteiger partial charge in [-0.05, 0) is 23.0 Å². The Kier molecular flexibility index (Phi) is 2.28. The number of rotatable bonds is 2. The second-order valence-corrected chi connectivity index (χ2v) is 3.66. The van der Waals surface area contributed by atoms with Gasteiger partial charge in [-0.2, -0.15) is 0 Å². The van der Waals surface area contributed by atoms with E-state index in [1.165, 1.54) is 0 Å². The molecule has 0 saturated carbocycles. The Morgan fingerprint density at radius 1 is 1.54 bits per heavy atom. The Morgan fingerprint density at radius 3 is 3.15 bits per heavy atom. The molecule has 0 atom stereocenters. The fourth-order valence-corrected chi connectivity index (χ4v) is 1.50. The molecule has 1 N–H and O–H groups in total. The molecule has 4 nitrogen and oxygen atoms in total. The average molecular weight is 241 g/mol.